The van der Waals surface area contributed by atoms with Gasteiger partial charge in [0.1, 0.15) is 11.6 Å². The fourth-order valence-corrected chi connectivity index (χ4v) is 2.39. The molecule has 1 aliphatic rings. The van der Waals surface area contributed by atoms with Crippen molar-refractivity contribution in [2.45, 2.75) is 18.9 Å². The van der Waals surface area contributed by atoms with E-state index in [-0.39, 0.29) is 29.5 Å². The van der Waals surface area contributed by atoms with E-state index in [1.165, 1.54) is 12.1 Å². The van der Waals surface area contributed by atoms with Gasteiger partial charge in [-0.1, -0.05) is 6.07 Å². The summed E-state index contributed by atoms with van der Waals surface area (Å²) in [4.78, 5) is 25.2. The van der Waals surface area contributed by atoms with Crippen molar-refractivity contribution in [2.24, 2.45) is 0 Å². The maximum atomic E-state index is 12.2. The molecule has 0 unspecified atom stereocenters. The van der Waals surface area contributed by atoms with Crippen molar-refractivity contribution in [2.75, 3.05) is 19.0 Å². The third-order valence-electron chi connectivity index (χ3n) is 3.36. The smallest absolute Gasteiger partial charge is 0.253 e. The topological polar surface area (TPSA) is 69.6 Å². The number of hydrogen-bond acceptors (Lipinski definition) is 3. The minimum absolute atomic E-state index is 0.0392. The molecule has 1 aliphatic heterocycles. The van der Waals surface area contributed by atoms with Crippen molar-refractivity contribution >= 4 is 23.4 Å². The Bertz CT molecular complexity index is 499. The number of nitrogens with zero attached hydrogens (tertiary/aromatic N) is 1. The number of piperidine rings is 1. The van der Waals surface area contributed by atoms with Crippen LogP contribution in [0.2, 0.25) is 0 Å². The molecule has 0 aliphatic carbocycles. The number of rotatable bonds is 3. The van der Waals surface area contributed by atoms with E-state index >= 15 is 0 Å². The molecule has 0 atom stereocenters. The van der Waals surface area contributed by atoms with E-state index in [0.29, 0.717) is 31.5 Å². The molecule has 2 amide bonds. The summed E-state index contributed by atoms with van der Waals surface area (Å²) in [5.41, 5.74) is 0.480. The predicted molar refractivity (Wildman–Crippen MR) is 75.9 cm³/mol. The maximum Gasteiger partial charge on any atom is 0.253 e. The highest BCUT2D eigenvalue weighted by Crippen LogP contribution is 2.17. The highest BCUT2D eigenvalue weighted by Gasteiger charge is 2.24. The molecule has 2 N–H and O–H groups in total. The fraction of sp³-hybridized carbons (Fsp3) is 0.429. The second-order valence-corrected chi connectivity index (χ2v) is 5.09. The zero-order chi connectivity index (χ0) is 14.5. The largest absolute Gasteiger partial charge is 0.508 e. The molecule has 1 heterocycles. The summed E-state index contributed by atoms with van der Waals surface area (Å²) in [6.07, 6.45) is 1.43. The average Bonchev–Trinajstić information content (AvgIpc) is 2.47. The van der Waals surface area contributed by atoms with Gasteiger partial charge >= 0.3 is 0 Å². The van der Waals surface area contributed by atoms with Gasteiger partial charge in [0.05, 0.1) is 0 Å². The number of likely N-dealkylation sites (tertiary alicyclic amines) is 1. The lowest BCUT2D eigenvalue weighted by Gasteiger charge is -2.32. The van der Waals surface area contributed by atoms with Gasteiger partial charge in [-0.25, -0.2) is 0 Å². The van der Waals surface area contributed by atoms with E-state index in [9.17, 15) is 14.7 Å². The number of alkyl halides is 1. The van der Waals surface area contributed by atoms with Crippen molar-refractivity contribution in [3.63, 3.8) is 0 Å². The first kappa shape index (κ1) is 14.7. The van der Waals surface area contributed by atoms with E-state index in [0.717, 1.165) is 0 Å². The van der Waals surface area contributed by atoms with E-state index in [1.807, 2.05) is 0 Å². The number of carbonyl (C=O) groups excluding carboxylic acids is 2. The fourth-order valence-electron chi connectivity index (χ4n) is 2.31. The third-order valence-corrected chi connectivity index (χ3v) is 3.60. The molecule has 6 heteroatoms. The summed E-state index contributed by atoms with van der Waals surface area (Å²) in [7, 11) is 0. The van der Waals surface area contributed by atoms with Crippen LogP contribution < -0.4 is 5.32 Å². The number of aromatic hydroxyl groups is 1. The van der Waals surface area contributed by atoms with Crippen LogP contribution in [0.15, 0.2) is 24.3 Å². The molecule has 1 aromatic carbocycles. The lowest BCUT2D eigenvalue weighted by molar-refractivity contribution is -0.119. The standard InChI is InChI=1S/C14H17ClN2O3/c15-9-13(19)16-11-4-6-17(7-5-11)14(20)10-2-1-3-12(18)8-10/h1-3,8,11,18H,4-7,9H2,(H,16,19). The summed E-state index contributed by atoms with van der Waals surface area (Å²) in [6, 6.07) is 6.41. The average molecular weight is 297 g/mol. The summed E-state index contributed by atoms with van der Waals surface area (Å²) >= 11 is 5.44. The lowest BCUT2D eigenvalue weighted by Crippen LogP contribution is -2.46. The van der Waals surface area contributed by atoms with Gasteiger partial charge in [0.2, 0.25) is 5.91 Å². The number of carbonyl (C=O) groups is 2. The van der Waals surface area contributed by atoms with Crippen LogP contribution in [0, 0.1) is 0 Å². The van der Waals surface area contributed by atoms with Crippen molar-refractivity contribution < 1.29 is 14.7 Å². The number of phenols is 1. The summed E-state index contributed by atoms with van der Waals surface area (Å²) in [5.74, 6) is -0.227. The Morgan fingerprint density at radius 1 is 1.35 bits per heavy atom. The van der Waals surface area contributed by atoms with E-state index < -0.39 is 0 Å². The Morgan fingerprint density at radius 2 is 2.05 bits per heavy atom. The number of benzene rings is 1. The Balaban J connectivity index is 1.90. The van der Waals surface area contributed by atoms with Crippen LogP contribution in [-0.2, 0) is 4.79 Å². The van der Waals surface area contributed by atoms with Gasteiger partial charge in [0, 0.05) is 24.7 Å². The highest BCUT2D eigenvalue weighted by atomic mass is 35.5. The minimum Gasteiger partial charge on any atom is -0.508 e. The monoisotopic (exact) mass is 296 g/mol. The molecule has 0 radical (unpaired) electrons. The Hall–Kier alpha value is -1.75. The van der Waals surface area contributed by atoms with E-state index in [1.54, 1.807) is 17.0 Å². The molecule has 0 saturated carbocycles. The van der Waals surface area contributed by atoms with Gasteiger partial charge < -0.3 is 15.3 Å². The van der Waals surface area contributed by atoms with Crippen molar-refractivity contribution in [1.82, 2.24) is 10.2 Å². The van der Waals surface area contributed by atoms with Crippen LogP contribution in [0.4, 0.5) is 0 Å². The van der Waals surface area contributed by atoms with Crippen LogP contribution in [-0.4, -0.2) is 46.8 Å². The molecule has 5 nitrogen and oxygen atoms in total. The van der Waals surface area contributed by atoms with E-state index in [4.69, 9.17) is 11.6 Å². The molecule has 0 spiro atoms. The first-order chi connectivity index (χ1) is 9.60. The lowest BCUT2D eigenvalue weighted by atomic mass is 10.0. The number of phenolic OH excluding ortho intramolecular Hbond substituents is 1. The van der Waals surface area contributed by atoms with Crippen LogP contribution in [0.1, 0.15) is 23.2 Å². The van der Waals surface area contributed by atoms with E-state index in [2.05, 4.69) is 5.32 Å². The summed E-state index contributed by atoms with van der Waals surface area (Å²) < 4.78 is 0. The molecule has 0 bridgehead atoms. The first-order valence-electron chi connectivity index (χ1n) is 6.54. The number of halogens is 1. The first-order valence-corrected chi connectivity index (χ1v) is 7.07. The van der Waals surface area contributed by atoms with Crippen LogP contribution in [0.25, 0.3) is 0 Å². The number of amides is 2. The zero-order valence-electron chi connectivity index (χ0n) is 11.0. The maximum absolute atomic E-state index is 12.2. The number of hydrogen-bond donors (Lipinski definition) is 2. The zero-order valence-corrected chi connectivity index (χ0v) is 11.8. The quantitative estimate of drug-likeness (QED) is 0.827. The molecular weight excluding hydrogens is 280 g/mol. The second kappa shape index (κ2) is 6.61. The Kier molecular flexibility index (Phi) is 4.84. The van der Waals surface area contributed by atoms with Gasteiger partial charge in [-0.2, -0.15) is 0 Å². The molecule has 1 saturated heterocycles. The highest BCUT2D eigenvalue weighted by molar-refractivity contribution is 6.27. The normalized spacial score (nSPS) is 15.9. The van der Waals surface area contributed by atoms with Crippen molar-refractivity contribution in [3.8, 4) is 5.75 Å². The van der Waals surface area contributed by atoms with Gasteiger partial charge in [-0.05, 0) is 31.0 Å². The minimum atomic E-state index is -0.176. The molecule has 1 aromatic rings. The van der Waals surface area contributed by atoms with Crippen molar-refractivity contribution in [1.29, 1.82) is 0 Å². The molecule has 0 aromatic heterocycles. The molecule has 1 fully saturated rings. The molecular formula is C14H17ClN2O3. The van der Waals surface area contributed by atoms with Gasteiger partial charge in [-0.15, -0.1) is 11.6 Å². The van der Waals surface area contributed by atoms with Gasteiger partial charge in [0.15, 0.2) is 0 Å². The van der Waals surface area contributed by atoms with Crippen LogP contribution in [0.5, 0.6) is 5.75 Å². The summed E-state index contributed by atoms with van der Waals surface area (Å²) in [6.45, 7) is 1.17. The number of nitrogens with one attached hydrogen (secondary N) is 1. The van der Waals surface area contributed by atoms with Crippen molar-refractivity contribution in [3.05, 3.63) is 29.8 Å². The van der Waals surface area contributed by atoms with Crippen LogP contribution >= 0.6 is 11.6 Å². The van der Waals surface area contributed by atoms with Crippen LogP contribution in [0.3, 0.4) is 0 Å². The third kappa shape index (κ3) is 3.63. The molecule has 20 heavy (non-hydrogen) atoms. The Morgan fingerprint density at radius 3 is 2.65 bits per heavy atom. The second-order valence-electron chi connectivity index (χ2n) is 4.82. The molecule has 108 valence electrons. The SMILES string of the molecule is O=C(CCl)NC1CCN(C(=O)c2cccc(O)c2)CC1. The van der Waals surface area contributed by atoms with Gasteiger partial charge in [0.25, 0.3) is 5.91 Å². The summed E-state index contributed by atoms with van der Waals surface area (Å²) in [5, 5.41) is 12.2. The van der Waals surface area contributed by atoms with Gasteiger partial charge in [-0.3, -0.25) is 9.59 Å². The molecule has 2 rings (SSSR count). The Labute approximate surface area is 122 Å². The predicted octanol–water partition coefficient (Wildman–Crippen LogP) is 1.35.